The van der Waals surface area contributed by atoms with Gasteiger partial charge < -0.3 is 20.1 Å². The molecule has 96 valence electrons. The minimum Gasteiger partial charge on any atom is -0.494 e. The first-order valence-electron chi connectivity index (χ1n) is 5.45. The standard InChI is InChI=1S/C12H19FN2O2/c1-15(2)5-4-6-17-12-8-11(16-3)9(13)7-10(12)14/h7-8H,4-6,14H2,1-3H3. The Morgan fingerprint density at radius 3 is 2.59 bits per heavy atom. The van der Waals surface area contributed by atoms with Gasteiger partial charge in [-0.15, -0.1) is 0 Å². The second-order valence-electron chi connectivity index (χ2n) is 4.03. The molecule has 1 aromatic rings. The van der Waals surface area contributed by atoms with E-state index in [0.29, 0.717) is 12.4 Å². The summed E-state index contributed by atoms with van der Waals surface area (Å²) in [6.45, 7) is 1.47. The summed E-state index contributed by atoms with van der Waals surface area (Å²) in [4.78, 5) is 2.07. The summed E-state index contributed by atoms with van der Waals surface area (Å²) >= 11 is 0. The molecular formula is C12H19FN2O2. The van der Waals surface area contributed by atoms with Crippen molar-refractivity contribution in [3.63, 3.8) is 0 Å². The lowest BCUT2D eigenvalue weighted by molar-refractivity contribution is 0.280. The Hall–Kier alpha value is -1.49. The number of benzene rings is 1. The number of halogens is 1. The highest BCUT2D eigenvalue weighted by atomic mass is 19.1. The number of rotatable bonds is 6. The van der Waals surface area contributed by atoms with Crippen molar-refractivity contribution >= 4 is 5.69 Å². The Morgan fingerprint density at radius 2 is 2.00 bits per heavy atom. The first kappa shape index (κ1) is 13.6. The van der Waals surface area contributed by atoms with Gasteiger partial charge in [0.1, 0.15) is 5.75 Å². The molecular weight excluding hydrogens is 223 g/mol. The molecule has 0 bridgehead atoms. The highest BCUT2D eigenvalue weighted by Gasteiger charge is 2.09. The highest BCUT2D eigenvalue weighted by Crippen LogP contribution is 2.29. The molecule has 4 nitrogen and oxygen atoms in total. The zero-order valence-electron chi connectivity index (χ0n) is 10.5. The average Bonchev–Trinajstić information content (AvgIpc) is 2.26. The molecule has 2 N–H and O–H groups in total. The van der Waals surface area contributed by atoms with Gasteiger partial charge in [0.2, 0.25) is 0 Å². The van der Waals surface area contributed by atoms with Gasteiger partial charge >= 0.3 is 0 Å². The second kappa shape index (κ2) is 6.30. The van der Waals surface area contributed by atoms with Crippen LogP contribution in [0.4, 0.5) is 10.1 Å². The number of nitrogens with two attached hydrogens (primary N) is 1. The van der Waals surface area contributed by atoms with E-state index in [2.05, 4.69) is 4.90 Å². The fourth-order valence-corrected chi connectivity index (χ4v) is 1.39. The van der Waals surface area contributed by atoms with E-state index in [1.54, 1.807) is 0 Å². The molecule has 0 aromatic heterocycles. The van der Waals surface area contributed by atoms with Crippen LogP contribution >= 0.6 is 0 Å². The third-order valence-electron chi connectivity index (χ3n) is 2.29. The van der Waals surface area contributed by atoms with Crippen molar-refractivity contribution in [2.45, 2.75) is 6.42 Å². The van der Waals surface area contributed by atoms with Crippen molar-refractivity contribution in [2.75, 3.05) is 40.1 Å². The summed E-state index contributed by atoms with van der Waals surface area (Å²) in [6, 6.07) is 2.68. The zero-order valence-corrected chi connectivity index (χ0v) is 10.5. The van der Waals surface area contributed by atoms with Crippen LogP contribution < -0.4 is 15.2 Å². The average molecular weight is 242 g/mol. The normalized spacial score (nSPS) is 10.6. The van der Waals surface area contributed by atoms with E-state index in [-0.39, 0.29) is 11.4 Å². The molecule has 0 spiro atoms. The Bertz CT molecular complexity index is 370. The molecule has 0 saturated carbocycles. The number of nitrogen functional groups attached to an aromatic ring is 1. The van der Waals surface area contributed by atoms with Gasteiger partial charge in [-0.3, -0.25) is 0 Å². The van der Waals surface area contributed by atoms with Crippen molar-refractivity contribution < 1.29 is 13.9 Å². The van der Waals surface area contributed by atoms with Crippen LogP contribution in [-0.2, 0) is 0 Å². The lowest BCUT2D eigenvalue weighted by Gasteiger charge is -2.13. The van der Waals surface area contributed by atoms with Gasteiger partial charge in [0.25, 0.3) is 0 Å². The van der Waals surface area contributed by atoms with E-state index in [4.69, 9.17) is 15.2 Å². The summed E-state index contributed by atoms with van der Waals surface area (Å²) in [7, 11) is 5.40. The van der Waals surface area contributed by atoms with Crippen LogP contribution in [0, 0.1) is 5.82 Å². The minimum absolute atomic E-state index is 0.141. The molecule has 1 rings (SSSR count). The van der Waals surface area contributed by atoms with Crippen LogP contribution in [-0.4, -0.2) is 39.3 Å². The molecule has 0 aliphatic carbocycles. The van der Waals surface area contributed by atoms with Crippen LogP contribution in [0.2, 0.25) is 0 Å². The molecule has 0 aliphatic rings. The maximum atomic E-state index is 13.3. The maximum Gasteiger partial charge on any atom is 0.167 e. The number of hydrogen-bond acceptors (Lipinski definition) is 4. The van der Waals surface area contributed by atoms with Crippen molar-refractivity contribution in [2.24, 2.45) is 0 Å². The van der Waals surface area contributed by atoms with Gasteiger partial charge in [-0.2, -0.15) is 0 Å². The maximum absolute atomic E-state index is 13.3. The second-order valence-corrected chi connectivity index (χ2v) is 4.03. The Kier molecular flexibility index (Phi) is 5.03. The third kappa shape index (κ3) is 4.11. The molecule has 1 aromatic carbocycles. The van der Waals surface area contributed by atoms with Crippen molar-refractivity contribution in [1.82, 2.24) is 4.90 Å². The van der Waals surface area contributed by atoms with E-state index in [9.17, 15) is 4.39 Å². The van der Waals surface area contributed by atoms with Gasteiger partial charge in [-0.05, 0) is 20.5 Å². The summed E-state index contributed by atoms with van der Waals surface area (Å²) in [5.74, 6) is 0.120. The van der Waals surface area contributed by atoms with Crippen LogP contribution in [0.15, 0.2) is 12.1 Å². The van der Waals surface area contributed by atoms with Crippen LogP contribution in [0.5, 0.6) is 11.5 Å². The van der Waals surface area contributed by atoms with Crippen molar-refractivity contribution in [3.8, 4) is 11.5 Å². The number of ether oxygens (including phenoxy) is 2. The lowest BCUT2D eigenvalue weighted by Crippen LogP contribution is -2.15. The smallest absolute Gasteiger partial charge is 0.167 e. The monoisotopic (exact) mass is 242 g/mol. The van der Waals surface area contributed by atoms with Crippen molar-refractivity contribution in [3.05, 3.63) is 17.9 Å². The molecule has 0 unspecified atom stereocenters. The number of anilines is 1. The van der Waals surface area contributed by atoms with E-state index >= 15 is 0 Å². The SMILES string of the molecule is COc1cc(OCCCN(C)C)c(N)cc1F. The molecule has 17 heavy (non-hydrogen) atoms. The molecule has 0 aliphatic heterocycles. The van der Waals surface area contributed by atoms with Gasteiger partial charge in [-0.25, -0.2) is 4.39 Å². The predicted molar refractivity (Wildman–Crippen MR) is 66.0 cm³/mol. The number of nitrogens with zero attached hydrogens (tertiary/aromatic N) is 1. The van der Waals surface area contributed by atoms with Crippen LogP contribution in [0.3, 0.4) is 0 Å². The van der Waals surface area contributed by atoms with E-state index in [1.165, 1.54) is 19.2 Å². The first-order chi connectivity index (χ1) is 8.04. The molecule has 0 amide bonds. The highest BCUT2D eigenvalue weighted by molar-refractivity contribution is 5.56. The molecule has 0 heterocycles. The van der Waals surface area contributed by atoms with Crippen LogP contribution in [0.25, 0.3) is 0 Å². The molecule has 0 atom stereocenters. The molecule has 0 fully saturated rings. The summed E-state index contributed by atoms with van der Waals surface area (Å²) < 4.78 is 23.6. The number of hydrogen-bond donors (Lipinski definition) is 1. The Balaban J connectivity index is 2.58. The molecule has 0 radical (unpaired) electrons. The Morgan fingerprint density at radius 1 is 1.29 bits per heavy atom. The van der Waals surface area contributed by atoms with E-state index in [1.807, 2.05) is 14.1 Å². The van der Waals surface area contributed by atoms with Gasteiger partial charge in [0, 0.05) is 18.7 Å². The molecule has 5 heteroatoms. The van der Waals surface area contributed by atoms with Gasteiger partial charge in [0.15, 0.2) is 11.6 Å². The van der Waals surface area contributed by atoms with E-state index in [0.717, 1.165) is 13.0 Å². The van der Waals surface area contributed by atoms with Gasteiger partial charge in [-0.1, -0.05) is 0 Å². The first-order valence-corrected chi connectivity index (χ1v) is 5.45. The minimum atomic E-state index is -0.481. The molecule has 0 saturated heterocycles. The fraction of sp³-hybridized carbons (Fsp3) is 0.500. The predicted octanol–water partition coefficient (Wildman–Crippen LogP) is 1.75. The summed E-state index contributed by atoms with van der Waals surface area (Å²) in [5.41, 5.74) is 5.94. The quantitative estimate of drug-likeness (QED) is 0.610. The summed E-state index contributed by atoms with van der Waals surface area (Å²) in [5, 5.41) is 0. The lowest BCUT2D eigenvalue weighted by atomic mass is 10.2. The van der Waals surface area contributed by atoms with Crippen LogP contribution in [0.1, 0.15) is 6.42 Å². The summed E-state index contributed by atoms with van der Waals surface area (Å²) in [6.07, 6.45) is 0.881. The fourth-order valence-electron chi connectivity index (χ4n) is 1.39. The van der Waals surface area contributed by atoms with Crippen molar-refractivity contribution in [1.29, 1.82) is 0 Å². The largest absolute Gasteiger partial charge is 0.494 e. The van der Waals surface area contributed by atoms with Gasteiger partial charge in [0.05, 0.1) is 19.4 Å². The zero-order chi connectivity index (χ0) is 12.8. The Labute approximate surface area is 101 Å². The van der Waals surface area contributed by atoms with E-state index < -0.39 is 5.82 Å². The number of methoxy groups -OCH3 is 1. The third-order valence-corrected chi connectivity index (χ3v) is 2.29. The topological polar surface area (TPSA) is 47.7 Å².